The summed E-state index contributed by atoms with van der Waals surface area (Å²) in [6, 6.07) is 8.92. The van der Waals surface area contributed by atoms with Crippen LogP contribution in [0.3, 0.4) is 0 Å². The van der Waals surface area contributed by atoms with Gasteiger partial charge in [0.1, 0.15) is 28.6 Å². The molecule has 4 aromatic rings. The molecule has 18 nitrogen and oxygen atoms in total. The van der Waals surface area contributed by atoms with Crippen LogP contribution in [-0.2, 0) is 37.1 Å². The minimum Gasteiger partial charge on any atom is -0.478 e. The number of carbonyl (C=O) groups is 4. The van der Waals surface area contributed by atoms with Gasteiger partial charge in [0, 0.05) is 40.9 Å². The van der Waals surface area contributed by atoms with Gasteiger partial charge in [0.2, 0.25) is 5.60 Å². The average Bonchev–Trinajstić information content (AvgIpc) is 3.79. The second kappa shape index (κ2) is 15.7. The van der Waals surface area contributed by atoms with Crippen molar-refractivity contribution < 1.29 is 38.8 Å². The fraction of sp³-hybridized carbons (Fsp3) is 0.361. The molecule has 1 aromatic carbocycles. The Morgan fingerprint density at radius 1 is 1.20 bits per heavy atom. The lowest BCUT2D eigenvalue weighted by Gasteiger charge is -2.49. The first kappa shape index (κ1) is 38.4. The van der Waals surface area contributed by atoms with E-state index in [1.807, 2.05) is 52.0 Å². The Kier molecular flexibility index (Phi) is 10.8. The zero-order valence-electron chi connectivity index (χ0n) is 30.4. The van der Waals surface area contributed by atoms with Crippen LogP contribution in [-0.4, -0.2) is 107 Å². The van der Waals surface area contributed by atoms with Gasteiger partial charge in [-0.25, -0.2) is 19.1 Å². The van der Waals surface area contributed by atoms with Gasteiger partial charge in [0.15, 0.2) is 29.8 Å². The van der Waals surface area contributed by atoms with Gasteiger partial charge >= 0.3 is 11.9 Å². The van der Waals surface area contributed by atoms with Crippen LogP contribution in [0.4, 0.5) is 5.13 Å². The van der Waals surface area contributed by atoms with Gasteiger partial charge in [0.25, 0.3) is 11.8 Å². The Balaban J connectivity index is 1.02. The van der Waals surface area contributed by atoms with Crippen LogP contribution in [0.25, 0.3) is 10.9 Å². The van der Waals surface area contributed by atoms with Crippen molar-refractivity contribution >= 4 is 74.4 Å². The van der Waals surface area contributed by atoms with Gasteiger partial charge in [-0.1, -0.05) is 29.4 Å². The summed E-state index contributed by atoms with van der Waals surface area (Å²) < 4.78 is 3.72. The standard InChI is InChI=1S/C36H39N11O7S2/c1-36(2,34(52)53)54-44-26(24-18-56-35(38)42-24)30(48)43-27-31(49)47-28(33(50)51)22(17-55-32(27)47)16-45-11-9-25-21(15-45)12-40-46(25)14-19-5-7-20(8-6-19)29(37)41-23-4-3-10-39-13-23/h5-9,11-12,15,18,23,27,32,39H,3-4,10,13-14,16-17H2,1-2H3,(H6-,37,38,41,42,43,48,50,51,52,53)/p+1/b44-26-/t23-,27-,32-/m1/s1. The van der Waals surface area contributed by atoms with Crippen molar-refractivity contribution in [1.82, 2.24) is 35.6 Å². The highest BCUT2D eigenvalue weighted by Gasteiger charge is 2.55. The number of aromatic nitrogens is 4. The van der Waals surface area contributed by atoms with E-state index in [1.165, 1.54) is 35.9 Å². The molecule has 0 aliphatic carbocycles. The van der Waals surface area contributed by atoms with Gasteiger partial charge in [0.05, 0.1) is 23.6 Å². The summed E-state index contributed by atoms with van der Waals surface area (Å²) in [4.78, 5) is 61.4. The predicted molar refractivity (Wildman–Crippen MR) is 207 cm³/mol. The third-order valence-corrected chi connectivity index (χ3v) is 11.6. The summed E-state index contributed by atoms with van der Waals surface area (Å²) in [6.45, 7) is 5.08. The number of nitrogens with zero attached hydrogens (tertiary/aromatic N) is 6. The summed E-state index contributed by atoms with van der Waals surface area (Å²) in [7, 11) is 0. The number of oxime groups is 1. The normalized spacial score (nSPS) is 20.0. The molecule has 6 heterocycles. The molecule has 3 atom stereocenters. The molecule has 20 heteroatoms. The number of amides is 2. The molecule has 3 aliphatic rings. The topological polar surface area (TPSA) is 254 Å². The van der Waals surface area contributed by atoms with Gasteiger partial charge in [-0.15, -0.1) is 23.1 Å². The number of anilines is 1. The maximum atomic E-state index is 13.5. The molecule has 8 N–H and O–H groups in total. The van der Waals surface area contributed by atoms with E-state index in [-0.39, 0.29) is 40.6 Å². The van der Waals surface area contributed by atoms with Crippen LogP contribution in [0.2, 0.25) is 0 Å². The number of carbonyl (C=O) groups excluding carboxylic acids is 2. The molecule has 2 fully saturated rings. The summed E-state index contributed by atoms with van der Waals surface area (Å²) in [5.74, 6) is -3.42. The number of nitrogen functional groups attached to an aromatic ring is 1. The van der Waals surface area contributed by atoms with Crippen LogP contribution in [0.15, 0.2) is 70.7 Å². The summed E-state index contributed by atoms with van der Waals surface area (Å²) in [5, 5.41) is 47.5. The first-order valence-electron chi connectivity index (χ1n) is 17.7. The molecule has 2 amide bonds. The molecule has 0 unspecified atom stereocenters. The lowest BCUT2D eigenvalue weighted by Crippen LogP contribution is -2.71. The number of carboxylic acid groups (broad SMARTS) is 2. The molecule has 0 saturated carbocycles. The van der Waals surface area contributed by atoms with Gasteiger partial charge in [-0.2, -0.15) is 5.10 Å². The number of fused-ring (bicyclic) bond motifs is 2. The van der Waals surface area contributed by atoms with Crippen molar-refractivity contribution in [2.24, 2.45) is 5.16 Å². The third kappa shape index (κ3) is 7.93. The quantitative estimate of drug-likeness (QED) is 0.0329. The third-order valence-electron chi connectivity index (χ3n) is 9.63. The number of pyridine rings is 1. The largest absolute Gasteiger partial charge is 0.478 e. The first-order valence-corrected chi connectivity index (χ1v) is 19.6. The molecule has 3 aliphatic heterocycles. The highest BCUT2D eigenvalue weighted by molar-refractivity contribution is 8.00. The Morgan fingerprint density at radius 3 is 2.66 bits per heavy atom. The molecule has 292 valence electrons. The number of nitrogens with two attached hydrogens (primary N) is 1. The van der Waals surface area contributed by atoms with E-state index >= 15 is 0 Å². The number of hydrogen-bond acceptors (Lipinski definition) is 13. The van der Waals surface area contributed by atoms with Crippen LogP contribution in [0.1, 0.15) is 43.5 Å². The van der Waals surface area contributed by atoms with Crippen molar-refractivity contribution in [2.75, 3.05) is 24.6 Å². The smallest absolute Gasteiger partial charge is 0.352 e. The van der Waals surface area contributed by atoms with E-state index in [0.29, 0.717) is 18.0 Å². The maximum absolute atomic E-state index is 13.5. The average molecular weight is 803 g/mol. The first-order chi connectivity index (χ1) is 26.8. The van der Waals surface area contributed by atoms with E-state index < -0.39 is 40.8 Å². The minimum atomic E-state index is -1.78. The number of aliphatic carboxylic acids is 2. The van der Waals surface area contributed by atoms with Crippen LogP contribution < -0.4 is 26.3 Å². The second-order valence-corrected chi connectivity index (χ2v) is 16.1. The molecule has 56 heavy (non-hydrogen) atoms. The van der Waals surface area contributed by atoms with E-state index in [9.17, 15) is 29.4 Å². The zero-order chi connectivity index (χ0) is 39.7. The number of amidine groups is 1. The van der Waals surface area contributed by atoms with Crippen LogP contribution in [0, 0.1) is 5.41 Å². The van der Waals surface area contributed by atoms with E-state index in [4.69, 9.17) is 16.0 Å². The van der Waals surface area contributed by atoms with Crippen molar-refractivity contribution in [3.63, 3.8) is 0 Å². The zero-order valence-corrected chi connectivity index (χ0v) is 32.0. The Hall–Kier alpha value is -5.86. The number of thiazole rings is 1. The SMILES string of the molecule is CC(C)(O/N=C(\C(=O)N[C@@H]1C(=O)N2C(C(=O)O)=C(C[n+]3ccc4c(cnn4Cc4ccc(C(=N)N[C@@H]5CCCNC5)cc4)c3)CS[C@H]12)c1csc(N)n1)C(=O)O. The molecular weight excluding hydrogens is 763 g/mol. The predicted octanol–water partition coefficient (Wildman–Crippen LogP) is 1.10. The van der Waals surface area contributed by atoms with Gasteiger partial charge in [-0.05, 0) is 38.8 Å². The Bertz CT molecular complexity index is 2280. The maximum Gasteiger partial charge on any atom is 0.352 e. The monoisotopic (exact) mass is 802 g/mol. The van der Waals surface area contributed by atoms with Gasteiger partial charge in [-0.3, -0.25) is 24.6 Å². The van der Waals surface area contributed by atoms with Crippen LogP contribution >= 0.6 is 23.1 Å². The second-order valence-electron chi connectivity index (χ2n) is 14.1. The number of thioether (sulfide) groups is 1. The highest BCUT2D eigenvalue weighted by atomic mass is 32.2. The number of hydrogen-bond donors (Lipinski definition) is 7. The number of carboxylic acids is 2. The van der Waals surface area contributed by atoms with Gasteiger partial charge < -0.3 is 36.7 Å². The van der Waals surface area contributed by atoms with E-state index in [2.05, 4.69) is 31.2 Å². The molecule has 0 radical (unpaired) electrons. The summed E-state index contributed by atoms with van der Waals surface area (Å²) in [6.07, 6.45) is 7.58. The molecule has 3 aromatic heterocycles. The van der Waals surface area contributed by atoms with Crippen molar-refractivity contribution in [2.45, 2.75) is 62.8 Å². The molecule has 0 spiro atoms. The molecule has 0 bridgehead atoms. The molecule has 7 rings (SSSR count). The van der Waals surface area contributed by atoms with Crippen molar-refractivity contribution in [3.05, 3.63) is 82.4 Å². The number of piperidine rings is 1. The number of nitrogens with one attached hydrogen (secondary N) is 4. The number of β-lactam (4-membered cyclic amide) rings is 1. The fourth-order valence-corrected chi connectivity index (χ4v) is 8.43. The van der Waals surface area contributed by atoms with Crippen LogP contribution in [0.5, 0.6) is 0 Å². The summed E-state index contributed by atoms with van der Waals surface area (Å²) in [5.41, 5.74) is 6.68. The molecule has 2 saturated heterocycles. The van der Waals surface area contributed by atoms with Crippen molar-refractivity contribution in [1.29, 1.82) is 5.41 Å². The number of benzene rings is 1. The minimum absolute atomic E-state index is 0.0196. The van der Waals surface area contributed by atoms with E-state index in [0.717, 1.165) is 59.3 Å². The lowest BCUT2D eigenvalue weighted by molar-refractivity contribution is -0.687. The van der Waals surface area contributed by atoms with E-state index in [1.54, 1.807) is 6.20 Å². The Morgan fingerprint density at radius 2 is 1.98 bits per heavy atom. The number of rotatable bonds is 13. The lowest BCUT2D eigenvalue weighted by atomic mass is 10.0. The molecular formula is C36H40N11O7S2+. The highest BCUT2D eigenvalue weighted by Crippen LogP contribution is 2.40. The summed E-state index contributed by atoms with van der Waals surface area (Å²) >= 11 is 2.33. The Labute approximate surface area is 328 Å². The van der Waals surface area contributed by atoms with Crippen molar-refractivity contribution in [3.8, 4) is 0 Å². The fourth-order valence-electron chi connectivity index (χ4n) is 6.55.